The number of benzene rings is 2. The van der Waals surface area contributed by atoms with Crippen molar-refractivity contribution in [2.45, 2.75) is 9.79 Å². The summed E-state index contributed by atoms with van der Waals surface area (Å²) in [4.78, 5) is 0.567. The number of sulfone groups is 1. The normalized spacial score (nSPS) is 11.2. The van der Waals surface area contributed by atoms with E-state index in [1.54, 1.807) is 49.5 Å². The molecule has 0 amide bonds. The van der Waals surface area contributed by atoms with Gasteiger partial charge in [0.05, 0.1) is 9.79 Å². The van der Waals surface area contributed by atoms with E-state index in [1.165, 1.54) is 0 Å². The Morgan fingerprint density at radius 1 is 1.00 bits per heavy atom. The molecule has 0 saturated carbocycles. The van der Waals surface area contributed by atoms with Gasteiger partial charge in [0.25, 0.3) is 0 Å². The minimum atomic E-state index is -3.46. The lowest BCUT2D eigenvalue weighted by atomic mass is 10.3. The van der Waals surface area contributed by atoms with Crippen LogP contribution in [0.2, 0.25) is 0 Å². The van der Waals surface area contributed by atoms with E-state index in [0.29, 0.717) is 4.90 Å². The molecule has 0 spiro atoms. The lowest BCUT2D eigenvalue weighted by Gasteiger charge is -2.08. The molecule has 1 N–H and O–H groups in total. The van der Waals surface area contributed by atoms with Crippen molar-refractivity contribution in [3.63, 3.8) is 0 Å². The molecular formula is C13H12BrNO2S. The molecule has 18 heavy (non-hydrogen) atoms. The van der Waals surface area contributed by atoms with Gasteiger partial charge >= 0.3 is 0 Å². The van der Waals surface area contributed by atoms with Gasteiger partial charge in [-0.15, -0.1) is 0 Å². The first-order valence-electron chi connectivity index (χ1n) is 5.32. The number of anilines is 1. The summed E-state index contributed by atoms with van der Waals surface area (Å²) < 4.78 is 25.5. The Morgan fingerprint density at radius 2 is 1.67 bits per heavy atom. The second kappa shape index (κ2) is 5.12. The van der Waals surface area contributed by atoms with Gasteiger partial charge < -0.3 is 5.32 Å². The van der Waals surface area contributed by atoms with Crippen LogP contribution in [0.25, 0.3) is 0 Å². The Morgan fingerprint density at radius 3 is 2.28 bits per heavy atom. The van der Waals surface area contributed by atoms with Crippen LogP contribution in [-0.4, -0.2) is 15.5 Å². The van der Waals surface area contributed by atoms with Gasteiger partial charge in [-0.05, 0) is 30.3 Å². The first-order chi connectivity index (χ1) is 8.54. The Kier molecular flexibility index (Phi) is 3.73. The van der Waals surface area contributed by atoms with Crippen molar-refractivity contribution in [3.8, 4) is 0 Å². The monoisotopic (exact) mass is 325 g/mol. The van der Waals surface area contributed by atoms with Crippen LogP contribution in [0.15, 0.2) is 62.8 Å². The lowest BCUT2D eigenvalue weighted by molar-refractivity contribution is 0.596. The van der Waals surface area contributed by atoms with Crippen molar-refractivity contribution < 1.29 is 8.42 Å². The third-order valence-corrected chi connectivity index (χ3v) is 4.73. The van der Waals surface area contributed by atoms with Gasteiger partial charge in [0.1, 0.15) is 0 Å². The predicted molar refractivity (Wildman–Crippen MR) is 75.6 cm³/mol. The topological polar surface area (TPSA) is 46.2 Å². The fraction of sp³-hybridized carbons (Fsp3) is 0.0769. The molecule has 2 rings (SSSR count). The molecule has 2 aromatic carbocycles. The summed E-state index contributed by atoms with van der Waals surface area (Å²) in [5.74, 6) is 0. The summed E-state index contributed by atoms with van der Waals surface area (Å²) in [6.07, 6.45) is 0. The molecule has 3 nitrogen and oxygen atoms in total. The standard InChI is InChI=1S/C13H12BrNO2S/c1-15-11-7-10(14)8-13(9-11)18(16,17)12-5-3-2-4-6-12/h2-9,15H,1H3. The maximum Gasteiger partial charge on any atom is 0.206 e. The van der Waals surface area contributed by atoms with Gasteiger partial charge in [-0.25, -0.2) is 8.42 Å². The Labute approximate surface area is 115 Å². The number of hydrogen-bond acceptors (Lipinski definition) is 3. The minimum Gasteiger partial charge on any atom is -0.388 e. The minimum absolute atomic E-state index is 0.271. The number of nitrogens with one attached hydrogen (secondary N) is 1. The summed E-state index contributed by atoms with van der Waals surface area (Å²) in [6, 6.07) is 13.4. The molecule has 0 unspecified atom stereocenters. The van der Waals surface area contributed by atoms with E-state index in [1.807, 2.05) is 6.07 Å². The molecule has 0 heterocycles. The van der Waals surface area contributed by atoms with Crippen LogP contribution in [0.1, 0.15) is 0 Å². The molecule has 94 valence electrons. The van der Waals surface area contributed by atoms with Crippen molar-refractivity contribution in [3.05, 3.63) is 53.0 Å². The molecule has 5 heteroatoms. The maximum atomic E-state index is 12.4. The largest absolute Gasteiger partial charge is 0.388 e. The zero-order chi connectivity index (χ0) is 13.2. The molecule has 0 atom stereocenters. The van der Waals surface area contributed by atoms with E-state index in [0.717, 1.165) is 10.2 Å². The van der Waals surface area contributed by atoms with Crippen LogP contribution < -0.4 is 5.32 Å². The second-order valence-corrected chi connectivity index (χ2v) is 6.61. The van der Waals surface area contributed by atoms with Gasteiger partial charge in [0, 0.05) is 17.2 Å². The molecule has 0 aliphatic carbocycles. The van der Waals surface area contributed by atoms with Gasteiger partial charge in [0.2, 0.25) is 9.84 Å². The molecule has 2 aromatic rings. The van der Waals surface area contributed by atoms with Gasteiger partial charge in [0.15, 0.2) is 0 Å². The zero-order valence-corrected chi connectivity index (χ0v) is 12.1. The fourth-order valence-corrected chi connectivity index (χ4v) is 3.59. The van der Waals surface area contributed by atoms with Gasteiger partial charge in [-0.2, -0.15) is 0 Å². The summed E-state index contributed by atoms with van der Waals surface area (Å²) in [6.45, 7) is 0. The van der Waals surface area contributed by atoms with E-state index >= 15 is 0 Å². The van der Waals surface area contributed by atoms with Crippen LogP contribution in [0.4, 0.5) is 5.69 Å². The summed E-state index contributed by atoms with van der Waals surface area (Å²) >= 11 is 3.31. The van der Waals surface area contributed by atoms with E-state index < -0.39 is 9.84 Å². The van der Waals surface area contributed by atoms with Crippen molar-refractivity contribution in [2.75, 3.05) is 12.4 Å². The third kappa shape index (κ3) is 2.57. The molecule has 0 saturated heterocycles. The fourth-order valence-electron chi connectivity index (χ4n) is 1.60. The number of rotatable bonds is 3. The van der Waals surface area contributed by atoms with Crippen molar-refractivity contribution in [1.82, 2.24) is 0 Å². The highest BCUT2D eigenvalue weighted by atomic mass is 79.9. The zero-order valence-electron chi connectivity index (χ0n) is 9.72. The Balaban J connectivity index is 2.58. The molecule has 0 fully saturated rings. The Bertz CT molecular complexity index is 654. The van der Waals surface area contributed by atoms with Gasteiger partial charge in [-0.3, -0.25) is 0 Å². The highest BCUT2D eigenvalue weighted by molar-refractivity contribution is 9.10. The van der Waals surface area contributed by atoms with Crippen LogP contribution in [-0.2, 0) is 9.84 Å². The van der Waals surface area contributed by atoms with E-state index in [9.17, 15) is 8.42 Å². The molecule has 0 aliphatic rings. The summed E-state index contributed by atoms with van der Waals surface area (Å²) in [5, 5.41) is 2.94. The molecule has 0 bridgehead atoms. The third-order valence-electron chi connectivity index (χ3n) is 2.52. The van der Waals surface area contributed by atoms with Gasteiger partial charge in [-0.1, -0.05) is 34.1 Å². The predicted octanol–water partition coefficient (Wildman–Crippen LogP) is 3.32. The molecule has 0 aromatic heterocycles. The smallest absolute Gasteiger partial charge is 0.206 e. The highest BCUT2D eigenvalue weighted by Gasteiger charge is 2.18. The van der Waals surface area contributed by atoms with Crippen LogP contribution >= 0.6 is 15.9 Å². The first-order valence-corrected chi connectivity index (χ1v) is 7.60. The maximum absolute atomic E-state index is 12.4. The quantitative estimate of drug-likeness (QED) is 0.941. The van der Waals surface area contributed by atoms with Crippen molar-refractivity contribution in [2.24, 2.45) is 0 Å². The summed E-state index contributed by atoms with van der Waals surface area (Å²) in [7, 11) is -1.71. The average Bonchev–Trinajstić information content (AvgIpc) is 2.39. The van der Waals surface area contributed by atoms with E-state index in [4.69, 9.17) is 0 Å². The highest BCUT2D eigenvalue weighted by Crippen LogP contribution is 2.27. The molecular weight excluding hydrogens is 314 g/mol. The van der Waals surface area contributed by atoms with E-state index in [-0.39, 0.29) is 4.90 Å². The van der Waals surface area contributed by atoms with E-state index in [2.05, 4.69) is 21.2 Å². The number of halogens is 1. The number of hydrogen-bond donors (Lipinski definition) is 1. The van der Waals surface area contributed by atoms with Crippen LogP contribution in [0, 0.1) is 0 Å². The van der Waals surface area contributed by atoms with Crippen molar-refractivity contribution >= 4 is 31.5 Å². The summed E-state index contributed by atoms with van der Waals surface area (Å²) in [5.41, 5.74) is 0.749. The van der Waals surface area contributed by atoms with Crippen molar-refractivity contribution in [1.29, 1.82) is 0 Å². The second-order valence-electron chi connectivity index (χ2n) is 3.74. The lowest BCUT2D eigenvalue weighted by Crippen LogP contribution is -2.02. The molecule has 0 aliphatic heterocycles. The first kappa shape index (κ1) is 13.1. The van der Waals surface area contributed by atoms with Crippen LogP contribution in [0.3, 0.4) is 0 Å². The van der Waals surface area contributed by atoms with Crippen LogP contribution in [0.5, 0.6) is 0 Å². The SMILES string of the molecule is CNc1cc(Br)cc(S(=O)(=O)c2ccccc2)c1. The molecule has 0 radical (unpaired) electrons. The average molecular weight is 326 g/mol. The Hall–Kier alpha value is -1.33.